The van der Waals surface area contributed by atoms with Crippen molar-refractivity contribution in [2.75, 3.05) is 38.5 Å². The minimum absolute atomic E-state index is 0.0264. The third-order valence-corrected chi connectivity index (χ3v) is 4.24. The SMILES string of the molecule is CC[NH+](CC(=O)NC(C)C)CC(=O)N(C)CC(=O)Nc1cc(C)ccc1C. The second-order valence-corrected chi connectivity index (χ2v) is 7.30. The van der Waals surface area contributed by atoms with Gasteiger partial charge in [0.05, 0.1) is 13.1 Å². The number of likely N-dealkylation sites (N-methyl/N-ethyl adjacent to an activating group) is 2. The highest BCUT2D eigenvalue weighted by Crippen LogP contribution is 2.16. The normalized spacial score (nSPS) is 11.8. The summed E-state index contributed by atoms with van der Waals surface area (Å²) in [7, 11) is 1.60. The molecular weight excluding hydrogens is 344 g/mol. The first-order chi connectivity index (χ1) is 12.6. The van der Waals surface area contributed by atoms with E-state index in [1.165, 1.54) is 4.90 Å². The summed E-state index contributed by atoms with van der Waals surface area (Å²) < 4.78 is 0. The van der Waals surface area contributed by atoms with Crippen LogP contribution in [-0.2, 0) is 14.4 Å². The van der Waals surface area contributed by atoms with Crippen LogP contribution >= 0.6 is 0 Å². The maximum atomic E-state index is 12.4. The van der Waals surface area contributed by atoms with E-state index in [9.17, 15) is 14.4 Å². The lowest BCUT2D eigenvalue weighted by Gasteiger charge is -2.22. The minimum Gasteiger partial charge on any atom is -0.349 e. The van der Waals surface area contributed by atoms with E-state index in [0.717, 1.165) is 21.7 Å². The number of rotatable bonds is 9. The van der Waals surface area contributed by atoms with Gasteiger partial charge in [0, 0.05) is 18.8 Å². The molecule has 7 heteroatoms. The fourth-order valence-electron chi connectivity index (χ4n) is 2.63. The van der Waals surface area contributed by atoms with Crippen LogP contribution in [0.2, 0.25) is 0 Å². The summed E-state index contributed by atoms with van der Waals surface area (Å²) in [4.78, 5) is 38.8. The predicted molar refractivity (Wildman–Crippen MR) is 107 cm³/mol. The van der Waals surface area contributed by atoms with Gasteiger partial charge in [-0.15, -0.1) is 0 Å². The van der Waals surface area contributed by atoms with Crippen molar-refractivity contribution in [2.24, 2.45) is 0 Å². The molecule has 0 heterocycles. The summed E-state index contributed by atoms with van der Waals surface area (Å²) >= 11 is 0. The average molecular weight is 378 g/mol. The molecule has 0 spiro atoms. The van der Waals surface area contributed by atoms with E-state index in [4.69, 9.17) is 0 Å². The van der Waals surface area contributed by atoms with Crippen molar-refractivity contribution >= 4 is 23.4 Å². The molecule has 1 aromatic carbocycles. The molecule has 0 aliphatic heterocycles. The topological polar surface area (TPSA) is 83.0 Å². The van der Waals surface area contributed by atoms with Crippen molar-refractivity contribution in [3.63, 3.8) is 0 Å². The van der Waals surface area contributed by atoms with E-state index in [2.05, 4.69) is 10.6 Å². The van der Waals surface area contributed by atoms with Crippen molar-refractivity contribution in [2.45, 2.75) is 40.7 Å². The number of carbonyl (C=O) groups is 3. The number of benzene rings is 1. The molecule has 0 radical (unpaired) electrons. The van der Waals surface area contributed by atoms with Gasteiger partial charge in [-0.05, 0) is 51.8 Å². The molecule has 150 valence electrons. The second kappa shape index (κ2) is 10.7. The Morgan fingerprint density at radius 3 is 2.37 bits per heavy atom. The Hall–Kier alpha value is -2.41. The molecule has 1 aromatic rings. The first-order valence-corrected chi connectivity index (χ1v) is 9.36. The van der Waals surface area contributed by atoms with Crippen molar-refractivity contribution in [3.8, 4) is 0 Å². The quantitative estimate of drug-likeness (QED) is 0.572. The molecule has 3 amide bonds. The Labute approximate surface area is 162 Å². The summed E-state index contributed by atoms with van der Waals surface area (Å²) in [6.45, 7) is 10.7. The van der Waals surface area contributed by atoms with Gasteiger partial charge in [-0.3, -0.25) is 14.4 Å². The molecule has 3 N–H and O–H groups in total. The first kappa shape index (κ1) is 22.6. The molecule has 0 saturated heterocycles. The summed E-state index contributed by atoms with van der Waals surface area (Å²) in [5.41, 5.74) is 2.79. The number of nitrogens with zero attached hydrogens (tertiary/aromatic N) is 1. The molecule has 0 aromatic heterocycles. The lowest BCUT2D eigenvalue weighted by Crippen LogP contribution is -3.14. The number of aryl methyl sites for hydroxylation is 2. The van der Waals surface area contributed by atoms with Gasteiger partial charge in [-0.2, -0.15) is 0 Å². The molecular formula is C20H33N4O3+. The number of anilines is 1. The van der Waals surface area contributed by atoms with Crippen LogP contribution in [0.25, 0.3) is 0 Å². The fraction of sp³-hybridized carbons (Fsp3) is 0.550. The number of hydrogen-bond donors (Lipinski definition) is 3. The van der Waals surface area contributed by atoms with Gasteiger partial charge in [0.2, 0.25) is 5.91 Å². The number of quaternary nitrogens is 1. The van der Waals surface area contributed by atoms with Crippen molar-refractivity contribution in [3.05, 3.63) is 29.3 Å². The maximum Gasteiger partial charge on any atom is 0.277 e. The van der Waals surface area contributed by atoms with Crippen molar-refractivity contribution in [1.29, 1.82) is 0 Å². The maximum absolute atomic E-state index is 12.4. The van der Waals surface area contributed by atoms with E-state index in [1.807, 2.05) is 52.8 Å². The smallest absolute Gasteiger partial charge is 0.277 e. The van der Waals surface area contributed by atoms with Gasteiger partial charge in [-0.1, -0.05) is 12.1 Å². The van der Waals surface area contributed by atoms with Crippen LogP contribution in [0.5, 0.6) is 0 Å². The monoisotopic (exact) mass is 377 g/mol. The van der Waals surface area contributed by atoms with E-state index in [0.29, 0.717) is 6.54 Å². The van der Waals surface area contributed by atoms with Gasteiger partial charge >= 0.3 is 0 Å². The van der Waals surface area contributed by atoms with Crippen molar-refractivity contribution < 1.29 is 19.3 Å². The molecule has 0 saturated carbocycles. The summed E-state index contributed by atoms with van der Waals surface area (Å²) in [6.07, 6.45) is 0. The first-order valence-electron chi connectivity index (χ1n) is 9.36. The van der Waals surface area contributed by atoms with Gasteiger partial charge in [0.15, 0.2) is 13.1 Å². The van der Waals surface area contributed by atoms with Crippen LogP contribution in [-0.4, -0.2) is 61.9 Å². The number of hydrogen-bond acceptors (Lipinski definition) is 3. The summed E-state index contributed by atoms with van der Waals surface area (Å²) in [5, 5.41) is 5.68. The highest BCUT2D eigenvalue weighted by Gasteiger charge is 2.21. The molecule has 7 nitrogen and oxygen atoms in total. The Balaban J connectivity index is 2.55. The minimum atomic E-state index is -0.241. The second-order valence-electron chi connectivity index (χ2n) is 7.30. The Morgan fingerprint density at radius 2 is 1.78 bits per heavy atom. The number of nitrogens with one attached hydrogen (secondary N) is 3. The molecule has 1 atom stereocenters. The fourth-order valence-corrected chi connectivity index (χ4v) is 2.63. The Bertz CT molecular complexity index is 673. The van der Waals surface area contributed by atoms with Gasteiger partial charge in [-0.25, -0.2) is 0 Å². The van der Waals surface area contributed by atoms with Gasteiger partial charge < -0.3 is 20.4 Å². The molecule has 0 aliphatic carbocycles. The van der Waals surface area contributed by atoms with E-state index >= 15 is 0 Å². The molecule has 0 aliphatic rings. The zero-order valence-electron chi connectivity index (χ0n) is 17.3. The largest absolute Gasteiger partial charge is 0.349 e. The molecule has 0 bridgehead atoms. The molecule has 0 fully saturated rings. The van der Waals surface area contributed by atoms with Crippen LogP contribution in [0.4, 0.5) is 5.69 Å². The van der Waals surface area contributed by atoms with Crippen LogP contribution < -0.4 is 15.5 Å². The van der Waals surface area contributed by atoms with Crippen LogP contribution in [0, 0.1) is 13.8 Å². The average Bonchev–Trinajstić information content (AvgIpc) is 2.56. The van der Waals surface area contributed by atoms with Gasteiger partial charge in [0.1, 0.15) is 0 Å². The zero-order chi connectivity index (χ0) is 20.6. The Kier molecular flexibility index (Phi) is 8.94. The lowest BCUT2D eigenvalue weighted by molar-refractivity contribution is -0.882. The zero-order valence-corrected chi connectivity index (χ0v) is 17.3. The number of amides is 3. The summed E-state index contributed by atoms with van der Waals surface area (Å²) in [6, 6.07) is 5.91. The molecule has 27 heavy (non-hydrogen) atoms. The van der Waals surface area contributed by atoms with Crippen LogP contribution in [0.1, 0.15) is 31.9 Å². The van der Waals surface area contributed by atoms with E-state index in [-0.39, 0.29) is 43.4 Å². The van der Waals surface area contributed by atoms with Crippen LogP contribution in [0.3, 0.4) is 0 Å². The highest BCUT2D eigenvalue weighted by atomic mass is 16.2. The third-order valence-electron chi connectivity index (χ3n) is 4.24. The van der Waals surface area contributed by atoms with E-state index in [1.54, 1.807) is 7.05 Å². The predicted octanol–water partition coefficient (Wildman–Crippen LogP) is 0.130. The summed E-state index contributed by atoms with van der Waals surface area (Å²) in [5.74, 6) is -0.486. The van der Waals surface area contributed by atoms with E-state index < -0.39 is 0 Å². The Morgan fingerprint density at radius 1 is 1.11 bits per heavy atom. The lowest BCUT2D eigenvalue weighted by atomic mass is 10.1. The third kappa shape index (κ3) is 8.21. The standard InChI is InChI=1S/C20H32N4O3/c1-7-24(12-19(26)21-14(2)3)13-20(27)23(6)11-18(25)22-17-10-15(4)8-9-16(17)5/h8-10,14H,7,11-13H2,1-6H3,(H,21,26)(H,22,25)/p+1. The van der Waals surface area contributed by atoms with Gasteiger partial charge in [0.25, 0.3) is 11.8 Å². The highest BCUT2D eigenvalue weighted by molar-refractivity contribution is 5.95. The number of carbonyl (C=O) groups excluding carboxylic acids is 3. The molecule has 1 unspecified atom stereocenters. The van der Waals surface area contributed by atoms with Crippen molar-refractivity contribution in [1.82, 2.24) is 10.2 Å². The molecule has 1 rings (SSSR count). The van der Waals surface area contributed by atoms with Crippen LogP contribution in [0.15, 0.2) is 18.2 Å².